The van der Waals surface area contributed by atoms with Crippen molar-refractivity contribution in [1.29, 1.82) is 5.26 Å². The van der Waals surface area contributed by atoms with Crippen molar-refractivity contribution < 1.29 is 9.59 Å². The minimum atomic E-state index is -0.689. The summed E-state index contributed by atoms with van der Waals surface area (Å²) in [6, 6.07) is 8.66. The summed E-state index contributed by atoms with van der Waals surface area (Å²) in [7, 11) is 1.51. The van der Waals surface area contributed by atoms with E-state index in [2.05, 4.69) is 42.6 Å². The molecule has 0 aliphatic carbocycles. The number of nitrogens with zero attached hydrogens (tertiary/aromatic N) is 3. The largest absolute Gasteiger partial charge is 0.341 e. The lowest BCUT2D eigenvalue weighted by molar-refractivity contribution is -0.135. The second-order valence-corrected chi connectivity index (χ2v) is 8.62. The number of urea groups is 1. The molecule has 8 nitrogen and oxygen atoms in total. The molecule has 1 aliphatic rings. The number of amides is 3. The summed E-state index contributed by atoms with van der Waals surface area (Å²) in [5, 5.41) is 14.7. The number of rotatable bonds is 5. The van der Waals surface area contributed by atoms with Crippen molar-refractivity contribution in [3.8, 4) is 17.3 Å². The number of aromatic nitrogens is 2. The van der Waals surface area contributed by atoms with E-state index in [4.69, 9.17) is 0 Å². The number of likely N-dealkylation sites (tertiary alicyclic amines) is 1. The van der Waals surface area contributed by atoms with Crippen LogP contribution in [0.2, 0.25) is 0 Å². The molecule has 3 rings (SSSR count). The zero-order chi connectivity index (χ0) is 21.8. The highest BCUT2D eigenvalue weighted by Gasteiger charge is 2.41. The average Bonchev–Trinajstić information content (AvgIpc) is 3.38. The van der Waals surface area contributed by atoms with E-state index >= 15 is 0 Å². The van der Waals surface area contributed by atoms with Gasteiger partial charge in [-0.05, 0) is 30.0 Å². The Bertz CT molecular complexity index is 949. The molecule has 1 aromatic heterocycles. The highest BCUT2D eigenvalue weighted by atomic mass is 79.9. The molecular weight excluding hydrogens is 448 g/mol. The summed E-state index contributed by atoms with van der Waals surface area (Å²) in [4.78, 5) is 34.6. The van der Waals surface area contributed by atoms with Gasteiger partial charge in [0.15, 0.2) is 0 Å². The lowest BCUT2D eigenvalue weighted by Crippen LogP contribution is -2.53. The van der Waals surface area contributed by atoms with E-state index in [1.165, 1.54) is 7.05 Å². The van der Waals surface area contributed by atoms with E-state index in [1.54, 1.807) is 11.1 Å². The van der Waals surface area contributed by atoms with Crippen LogP contribution >= 0.6 is 15.9 Å². The summed E-state index contributed by atoms with van der Waals surface area (Å²) in [5.74, 6) is 0.0407. The third-order valence-corrected chi connectivity index (χ3v) is 5.81. The van der Waals surface area contributed by atoms with Gasteiger partial charge in [-0.2, -0.15) is 5.26 Å². The van der Waals surface area contributed by atoms with Gasteiger partial charge >= 0.3 is 6.03 Å². The van der Waals surface area contributed by atoms with E-state index in [1.807, 2.05) is 38.1 Å². The Morgan fingerprint density at radius 1 is 1.33 bits per heavy atom. The minimum absolute atomic E-state index is 0.105. The topological polar surface area (TPSA) is 114 Å². The molecule has 9 heteroatoms. The van der Waals surface area contributed by atoms with E-state index in [0.717, 1.165) is 15.7 Å². The Balaban J connectivity index is 1.87. The first-order valence-electron chi connectivity index (χ1n) is 9.83. The fourth-order valence-corrected chi connectivity index (χ4v) is 3.88. The summed E-state index contributed by atoms with van der Waals surface area (Å²) >= 11 is 3.43. The third-order valence-electron chi connectivity index (χ3n) is 5.28. The van der Waals surface area contributed by atoms with Crippen LogP contribution in [0.3, 0.4) is 0 Å². The lowest BCUT2D eigenvalue weighted by Gasteiger charge is -2.30. The summed E-state index contributed by atoms with van der Waals surface area (Å²) in [6.07, 6.45) is 2.24. The highest BCUT2D eigenvalue weighted by molar-refractivity contribution is 9.10. The van der Waals surface area contributed by atoms with Crippen molar-refractivity contribution >= 4 is 27.9 Å². The zero-order valence-corrected chi connectivity index (χ0v) is 18.7. The van der Waals surface area contributed by atoms with Crippen molar-refractivity contribution in [1.82, 2.24) is 25.5 Å². The van der Waals surface area contributed by atoms with Crippen LogP contribution in [0, 0.1) is 23.2 Å². The quantitative estimate of drug-likeness (QED) is 0.619. The molecule has 0 bridgehead atoms. The Hall–Kier alpha value is -2.86. The van der Waals surface area contributed by atoms with Gasteiger partial charge in [0.2, 0.25) is 5.91 Å². The Morgan fingerprint density at radius 2 is 2.03 bits per heavy atom. The van der Waals surface area contributed by atoms with E-state index in [-0.39, 0.29) is 23.8 Å². The minimum Gasteiger partial charge on any atom is -0.341 e. The molecule has 1 saturated heterocycles. The van der Waals surface area contributed by atoms with Crippen LogP contribution in [-0.2, 0) is 4.79 Å². The fraction of sp³-hybridized carbons (Fsp3) is 0.429. The first-order valence-corrected chi connectivity index (χ1v) is 10.6. The van der Waals surface area contributed by atoms with Crippen molar-refractivity contribution in [2.75, 3.05) is 13.6 Å². The molecular formula is C21H25BrN6O2. The maximum atomic E-state index is 13.3. The van der Waals surface area contributed by atoms with Gasteiger partial charge in [0.1, 0.15) is 11.9 Å². The fourth-order valence-electron chi connectivity index (χ4n) is 3.62. The number of imidazole rings is 1. The predicted molar refractivity (Wildman–Crippen MR) is 116 cm³/mol. The standard InChI is InChI=1S/C21H25BrN6O2/c1-12(2)18(27-21(30)24-3)20(29)28-11-13(9-23)8-17(28)19-25-10-16(26-19)14-4-6-15(22)7-5-14/h4-7,10,12-13,17-18H,8,11H2,1-3H3,(H,25,26)(H2,24,27,30)/t13-,17-,18-/m0/s1. The van der Waals surface area contributed by atoms with Crippen molar-refractivity contribution in [3.05, 3.63) is 40.8 Å². The first kappa shape index (κ1) is 21.8. The second-order valence-electron chi connectivity index (χ2n) is 7.70. The summed E-state index contributed by atoms with van der Waals surface area (Å²) in [6.45, 7) is 4.07. The first-order chi connectivity index (χ1) is 14.3. The molecule has 0 unspecified atom stereocenters. The average molecular weight is 473 g/mol. The van der Waals surface area contributed by atoms with E-state index in [9.17, 15) is 14.9 Å². The van der Waals surface area contributed by atoms with Crippen LogP contribution in [0.15, 0.2) is 34.9 Å². The molecule has 0 spiro atoms. The summed E-state index contributed by atoms with van der Waals surface area (Å²) < 4.78 is 0.985. The number of hydrogen-bond donors (Lipinski definition) is 3. The molecule has 2 aromatic rings. The molecule has 3 atom stereocenters. The van der Waals surface area contributed by atoms with Crippen LogP contribution < -0.4 is 10.6 Å². The third kappa shape index (κ3) is 4.65. The van der Waals surface area contributed by atoms with Gasteiger partial charge in [-0.1, -0.05) is 41.9 Å². The van der Waals surface area contributed by atoms with Crippen LogP contribution in [0.4, 0.5) is 4.79 Å². The van der Waals surface area contributed by atoms with E-state index in [0.29, 0.717) is 18.8 Å². The van der Waals surface area contributed by atoms with Gasteiger partial charge in [0.05, 0.1) is 29.9 Å². The second kappa shape index (κ2) is 9.30. The number of halogens is 1. The van der Waals surface area contributed by atoms with Crippen LogP contribution in [0.25, 0.3) is 11.3 Å². The number of benzene rings is 1. The molecule has 3 N–H and O–H groups in total. The molecule has 158 valence electrons. The van der Waals surface area contributed by atoms with E-state index < -0.39 is 12.1 Å². The van der Waals surface area contributed by atoms with Gasteiger partial charge in [0.25, 0.3) is 0 Å². The Labute approximate surface area is 184 Å². The molecule has 1 aliphatic heterocycles. The normalized spacial score (nSPS) is 19.4. The van der Waals surface area contributed by atoms with Gasteiger partial charge < -0.3 is 20.5 Å². The Kier molecular flexibility index (Phi) is 6.77. The number of aromatic amines is 1. The Morgan fingerprint density at radius 3 is 2.63 bits per heavy atom. The molecule has 0 radical (unpaired) electrons. The maximum Gasteiger partial charge on any atom is 0.315 e. The monoisotopic (exact) mass is 472 g/mol. The number of hydrogen-bond acceptors (Lipinski definition) is 4. The van der Waals surface area contributed by atoms with Crippen LogP contribution in [0.1, 0.15) is 32.1 Å². The predicted octanol–water partition coefficient (Wildman–Crippen LogP) is 3.21. The van der Waals surface area contributed by atoms with Crippen LogP contribution in [0.5, 0.6) is 0 Å². The lowest BCUT2D eigenvalue weighted by atomic mass is 10.0. The van der Waals surface area contributed by atoms with Gasteiger partial charge in [-0.3, -0.25) is 4.79 Å². The van der Waals surface area contributed by atoms with Crippen molar-refractivity contribution in [2.24, 2.45) is 11.8 Å². The smallest absolute Gasteiger partial charge is 0.315 e. The molecule has 3 amide bonds. The maximum absolute atomic E-state index is 13.3. The van der Waals surface area contributed by atoms with Gasteiger partial charge in [-0.15, -0.1) is 0 Å². The molecule has 2 heterocycles. The zero-order valence-electron chi connectivity index (χ0n) is 17.1. The van der Waals surface area contributed by atoms with Crippen LogP contribution in [-0.4, -0.2) is 46.4 Å². The van der Waals surface area contributed by atoms with Gasteiger partial charge in [0, 0.05) is 18.1 Å². The SMILES string of the molecule is CNC(=O)N[C@H](C(=O)N1C[C@H](C#N)C[C@H]1c1ncc(-c2ccc(Br)cc2)[nH]1)C(C)C. The number of H-pyrrole nitrogens is 1. The molecule has 1 fully saturated rings. The number of nitriles is 1. The van der Waals surface area contributed by atoms with Gasteiger partial charge in [-0.25, -0.2) is 9.78 Å². The number of carbonyl (C=O) groups excluding carboxylic acids is 2. The number of nitrogens with one attached hydrogen (secondary N) is 3. The molecule has 0 saturated carbocycles. The molecule has 30 heavy (non-hydrogen) atoms. The molecule has 1 aromatic carbocycles. The summed E-state index contributed by atoms with van der Waals surface area (Å²) in [5.41, 5.74) is 1.82. The number of carbonyl (C=O) groups is 2. The highest BCUT2D eigenvalue weighted by Crippen LogP contribution is 2.35. The van der Waals surface area contributed by atoms with Crippen molar-refractivity contribution in [3.63, 3.8) is 0 Å². The van der Waals surface area contributed by atoms with Crippen molar-refractivity contribution in [2.45, 2.75) is 32.4 Å².